The minimum Gasteiger partial charge on any atom is -0.306 e. The minimum absolute atomic E-state index is 1.06. The van der Waals surface area contributed by atoms with Crippen LogP contribution in [0.3, 0.4) is 0 Å². The average molecular weight is 263 g/mol. The smallest absolute Gasteiger partial charge is 0.0995 e. The zero-order chi connectivity index (χ0) is 10.4. The molecule has 0 saturated heterocycles. The fourth-order valence-electron chi connectivity index (χ4n) is 2.07. The predicted molar refractivity (Wildman–Crippen MR) is 63.4 cm³/mol. The van der Waals surface area contributed by atoms with Gasteiger partial charge in [0.2, 0.25) is 0 Å². The Labute approximate surface area is 97.1 Å². The van der Waals surface area contributed by atoms with Crippen molar-refractivity contribution in [3.05, 3.63) is 46.0 Å². The Morgan fingerprint density at radius 1 is 1.27 bits per heavy atom. The molecule has 15 heavy (non-hydrogen) atoms. The third-order valence-corrected chi connectivity index (χ3v) is 3.71. The maximum atomic E-state index is 4.26. The van der Waals surface area contributed by atoms with E-state index >= 15 is 0 Å². The second-order valence-corrected chi connectivity index (χ2v) is 4.80. The summed E-state index contributed by atoms with van der Waals surface area (Å²) in [5, 5.41) is 0. The molecule has 0 N–H and O–H groups in total. The van der Waals surface area contributed by atoms with Crippen LogP contribution in [0.25, 0.3) is 5.69 Å². The quantitative estimate of drug-likeness (QED) is 0.773. The molecule has 0 saturated carbocycles. The van der Waals surface area contributed by atoms with Gasteiger partial charge >= 0.3 is 0 Å². The molecule has 0 amide bonds. The molecular formula is C12H11BrN2. The number of hydrogen-bond donors (Lipinski definition) is 0. The first-order valence-electron chi connectivity index (χ1n) is 5.07. The van der Waals surface area contributed by atoms with Gasteiger partial charge in [0.1, 0.15) is 0 Å². The number of nitrogens with zero attached hydrogens (tertiary/aromatic N) is 2. The zero-order valence-electron chi connectivity index (χ0n) is 8.50. The van der Waals surface area contributed by atoms with Crippen LogP contribution in [0.1, 0.15) is 16.8 Å². The van der Waals surface area contributed by atoms with Crippen LogP contribution in [-0.4, -0.2) is 9.55 Å². The van der Waals surface area contributed by atoms with Gasteiger partial charge < -0.3 is 4.57 Å². The van der Waals surface area contributed by atoms with Gasteiger partial charge in [0, 0.05) is 10.7 Å². The molecule has 1 heterocycles. The van der Waals surface area contributed by atoms with Crippen molar-refractivity contribution in [2.45, 2.75) is 19.8 Å². The highest BCUT2D eigenvalue weighted by Crippen LogP contribution is 2.34. The van der Waals surface area contributed by atoms with Gasteiger partial charge in [-0.05, 0) is 43.0 Å². The van der Waals surface area contributed by atoms with Gasteiger partial charge in [-0.1, -0.05) is 15.9 Å². The van der Waals surface area contributed by atoms with Crippen LogP contribution in [0, 0.1) is 6.92 Å². The second kappa shape index (κ2) is 3.20. The lowest BCUT2D eigenvalue weighted by Crippen LogP contribution is -2.13. The van der Waals surface area contributed by atoms with Crippen LogP contribution >= 0.6 is 15.9 Å². The Kier molecular flexibility index (Phi) is 1.96. The van der Waals surface area contributed by atoms with E-state index in [1.54, 1.807) is 0 Å². The summed E-state index contributed by atoms with van der Waals surface area (Å²) in [6.07, 6.45) is 6.33. The number of aryl methyl sites for hydroxylation is 1. The lowest BCUT2D eigenvalue weighted by Gasteiger charge is -2.24. The lowest BCUT2D eigenvalue weighted by atomic mass is 9.87. The molecule has 0 radical (unpaired) electrons. The highest BCUT2D eigenvalue weighted by molar-refractivity contribution is 9.10. The van der Waals surface area contributed by atoms with E-state index in [4.69, 9.17) is 0 Å². The normalized spacial score (nSPS) is 13.5. The van der Waals surface area contributed by atoms with Crippen LogP contribution in [0.15, 0.2) is 29.1 Å². The van der Waals surface area contributed by atoms with E-state index in [9.17, 15) is 0 Å². The van der Waals surface area contributed by atoms with E-state index in [0.29, 0.717) is 0 Å². The Balaban J connectivity index is 2.17. The van der Waals surface area contributed by atoms with Crippen molar-refractivity contribution in [3.63, 3.8) is 0 Å². The molecule has 1 aromatic carbocycles. The van der Waals surface area contributed by atoms with Crippen LogP contribution < -0.4 is 0 Å². The van der Waals surface area contributed by atoms with Gasteiger partial charge in [0.25, 0.3) is 0 Å². The first-order chi connectivity index (χ1) is 7.25. The summed E-state index contributed by atoms with van der Waals surface area (Å²) in [5.41, 5.74) is 5.26. The van der Waals surface area contributed by atoms with E-state index in [-0.39, 0.29) is 0 Å². The molecule has 3 heteroatoms. The molecule has 3 rings (SSSR count). The van der Waals surface area contributed by atoms with Crippen molar-refractivity contribution in [2.24, 2.45) is 0 Å². The van der Waals surface area contributed by atoms with Gasteiger partial charge in [-0.15, -0.1) is 0 Å². The molecule has 2 aromatic rings. The molecule has 0 fully saturated rings. The summed E-state index contributed by atoms with van der Waals surface area (Å²) in [5.74, 6) is 0. The predicted octanol–water partition coefficient (Wildman–Crippen LogP) is 3.04. The van der Waals surface area contributed by atoms with Crippen molar-refractivity contribution in [1.82, 2.24) is 9.55 Å². The molecule has 0 aliphatic heterocycles. The fourth-order valence-corrected chi connectivity index (χ4v) is 2.64. The topological polar surface area (TPSA) is 17.8 Å². The molecular weight excluding hydrogens is 252 g/mol. The molecule has 2 nitrogen and oxygen atoms in total. The van der Waals surface area contributed by atoms with Crippen molar-refractivity contribution in [2.75, 3.05) is 0 Å². The van der Waals surface area contributed by atoms with E-state index in [1.165, 1.54) is 34.1 Å². The molecule has 1 aliphatic rings. The lowest BCUT2D eigenvalue weighted by molar-refractivity contribution is 0.811. The van der Waals surface area contributed by atoms with Crippen LogP contribution in [0.2, 0.25) is 0 Å². The van der Waals surface area contributed by atoms with Crippen molar-refractivity contribution >= 4 is 15.9 Å². The first kappa shape index (κ1) is 9.16. The maximum Gasteiger partial charge on any atom is 0.0995 e. The van der Waals surface area contributed by atoms with E-state index in [1.807, 2.05) is 13.3 Å². The summed E-state index contributed by atoms with van der Waals surface area (Å²) in [6.45, 7) is 2.02. The summed E-state index contributed by atoms with van der Waals surface area (Å²) in [6, 6.07) is 4.28. The number of fused-ring (bicyclic) bond motifs is 1. The number of benzene rings is 1. The summed E-state index contributed by atoms with van der Waals surface area (Å²) in [4.78, 5) is 4.26. The van der Waals surface area contributed by atoms with Gasteiger partial charge in [-0.25, -0.2) is 4.98 Å². The van der Waals surface area contributed by atoms with Gasteiger partial charge in [0.15, 0.2) is 0 Å². The number of halogens is 1. The van der Waals surface area contributed by atoms with E-state index in [0.717, 1.165) is 5.69 Å². The van der Waals surface area contributed by atoms with Gasteiger partial charge in [-0.2, -0.15) is 0 Å². The van der Waals surface area contributed by atoms with Crippen LogP contribution in [-0.2, 0) is 12.8 Å². The maximum absolute atomic E-state index is 4.26. The number of aromatic nitrogens is 2. The van der Waals surface area contributed by atoms with Crippen LogP contribution in [0.4, 0.5) is 0 Å². The average Bonchev–Trinajstić information content (AvgIpc) is 2.55. The minimum atomic E-state index is 1.06. The standard InChI is InChI=1S/C12H11BrN2/c1-8-6-15(7-14-8)12-5-4-11(13)9-2-3-10(9)12/h4-7H,2-3H2,1H3. The second-order valence-electron chi connectivity index (χ2n) is 3.95. The molecule has 0 spiro atoms. The number of imidazole rings is 1. The van der Waals surface area contributed by atoms with E-state index < -0.39 is 0 Å². The van der Waals surface area contributed by atoms with Gasteiger partial charge in [-0.3, -0.25) is 0 Å². The summed E-state index contributed by atoms with van der Waals surface area (Å²) in [7, 11) is 0. The molecule has 0 unspecified atom stereocenters. The Morgan fingerprint density at radius 3 is 2.67 bits per heavy atom. The first-order valence-corrected chi connectivity index (χ1v) is 5.86. The Hall–Kier alpha value is -1.09. The van der Waals surface area contributed by atoms with Crippen molar-refractivity contribution < 1.29 is 0 Å². The van der Waals surface area contributed by atoms with Crippen molar-refractivity contribution in [1.29, 1.82) is 0 Å². The summed E-state index contributed by atoms with van der Waals surface area (Å²) < 4.78 is 3.35. The highest BCUT2D eigenvalue weighted by Gasteiger charge is 2.20. The molecule has 1 aliphatic carbocycles. The monoisotopic (exact) mass is 262 g/mol. The fraction of sp³-hybridized carbons (Fsp3) is 0.250. The zero-order valence-corrected chi connectivity index (χ0v) is 10.1. The molecule has 76 valence electrons. The highest BCUT2D eigenvalue weighted by atomic mass is 79.9. The number of rotatable bonds is 1. The van der Waals surface area contributed by atoms with Gasteiger partial charge in [0.05, 0.1) is 17.7 Å². The molecule has 1 aromatic heterocycles. The molecule has 0 atom stereocenters. The largest absolute Gasteiger partial charge is 0.306 e. The van der Waals surface area contributed by atoms with Crippen LogP contribution in [0.5, 0.6) is 0 Å². The third-order valence-electron chi connectivity index (χ3n) is 2.96. The van der Waals surface area contributed by atoms with E-state index in [2.05, 4.69) is 43.8 Å². The Morgan fingerprint density at radius 2 is 2.07 bits per heavy atom. The Bertz CT molecular complexity index is 528. The molecule has 0 bridgehead atoms. The number of hydrogen-bond acceptors (Lipinski definition) is 1. The van der Waals surface area contributed by atoms with Crippen molar-refractivity contribution in [3.8, 4) is 5.69 Å². The SMILES string of the molecule is Cc1cn(-c2ccc(Br)c3c2CC3)cn1. The summed E-state index contributed by atoms with van der Waals surface area (Å²) >= 11 is 3.58. The third kappa shape index (κ3) is 1.34.